The Morgan fingerprint density at radius 1 is 0.714 bits per heavy atom. The molecular formula is C21H19NO6. The van der Waals surface area contributed by atoms with Crippen molar-refractivity contribution in [3.63, 3.8) is 0 Å². The molecule has 7 heteroatoms. The smallest absolute Gasteiger partial charge is 0.262 e. The quantitative estimate of drug-likeness (QED) is 0.525. The summed E-state index contributed by atoms with van der Waals surface area (Å²) in [4.78, 5) is 17.4. The van der Waals surface area contributed by atoms with Crippen LogP contribution in [0.3, 0.4) is 0 Å². The van der Waals surface area contributed by atoms with Crippen LogP contribution in [0.5, 0.6) is 28.7 Å². The van der Waals surface area contributed by atoms with Gasteiger partial charge < -0.3 is 23.7 Å². The minimum absolute atomic E-state index is 0.160. The zero-order chi connectivity index (χ0) is 20.0. The zero-order valence-corrected chi connectivity index (χ0v) is 16.2. The predicted molar refractivity (Wildman–Crippen MR) is 105 cm³/mol. The van der Waals surface area contributed by atoms with Crippen LogP contribution in [-0.2, 0) is 0 Å². The summed E-state index contributed by atoms with van der Waals surface area (Å²) in [5.74, 6) is 1.85. The summed E-state index contributed by atoms with van der Waals surface area (Å²) in [6.45, 7) is 0. The predicted octanol–water partition coefficient (Wildman–Crippen LogP) is 3.29. The summed E-state index contributed by atoms with van der Waals surface area (Å²) < 4.78 is 27.7. The van der Waals surface area contributed by atoms with Gasteiger partial charge in [-0.2, -0.15) is 0 Å². The van der Waals surface area contributed by atoms with Gasteiger partial charge in [0.1, 0.15) is 0 Å². The van der Waals surface area contributed by atoms with E-state index >= 15 is 0 Å². The molecule has 0 saturated carbocycles. The van der Waals surface area contributed by atoms with Gasteiger partial charge in [-0.15, -0.1) is 0 Å². The lowest BCUT2D eigenvalue weighted by Gasteiger charge is -2.17. The average molecular weight is 381 g/mol. The van der Waals surface area contributed by atoms with Crippen LogP contribution >= 0.6 is 0 Å². The van der Waals surface area contributed by atoms with Crippen molar-refractivity contribution in [1.82, 2.24) is 4.98 Å². The van der Waals surface area contributed by atoms with Crippen LogP contribution in [0.4, 0.5) is 0 Å². The maximum Gasteiger partial charge on any atom is 0.262 e. The Balaban J connectivity index is 2.29. The number of ether oxygens (including phenoxy) is 5. The number of pyridine rings is 1. The van der Waals surface area contributed by atoms with Crippen LogP contribution in [0.2, 0.25) is 0 Å². The second-order valence-electron chi connectivity index (χ2n) is 6.11. The first-order valence-corrected chi connectivity index (χ1v) is 8.53. The van der Waals surface area contributed by atoms with Crippen LogP contribution < -0.4 is 29.1 Å². The molecule has 0 unspecified atom stereocenters. The monoisotopic (exact) mass is 381 g/mol. The minimum atomic E-state index is -0.351. The number of rotatable bonds is 5. The molecule has 0 bridgehead atoms. The zero-order valence-electron chi connectivity index (χ0n) is 16.2. The largest absolute Gasteiger partial charge is 0.493 e. The van der Waals surface area contributed by atoms with E-state index in [9.17, 15) is 4.79 Å². The molecule has 3 aromatic rings. The molecule has 2 aromatic carbocycles. The van der Waals surface area contributed by atoms with E-state index < -0.39 is 0 Å². The summed E-state index contributed by atoms with van der Waals surface area (Å²) in [6, 6.07) is 5.28. The van der Waals surface area contributed by atoms with Crippen molar-refractivity contribution in [1.29, 1.82) is 0 Å². The lowest BCUT2D eigenvalue weighted by atomic mass is 10.0. The average Bonchev–Trinajstić information content (AvgIpc) is 2.96. The molecule has 0 atom stereocenters. The van der Waals surface area contributed by atoms with Crippen molar-refractivity contribution < 1.29 is 23.7 Å². The first kappa shape index (κ1) is 17.9. The number of hydrogen-bond donors (Lipinski definition) is 0. The van der Waals surface area contributed by atoms with Crippen molar-refractivity contribution in [2.24, 2.45) is 0 Å². The van der Waals surface area contributed by atoms with E-state index in [1.54, 1.807) is 33.6 Å². The molecule has 7 nitrogen and oxygen atoms in total. The molecule has 4 rings (SSSR count). The maximum atomic E-state index is 12.9. The number of methoxy groups -OCH3 is 5. The molecule has 0 spiro atoms. The lowest BCUT2D eigenvalue weighted by Crippen LogP contribution is -2.06. The van der Waals surface area contributed by atoms with Crippen LogP contribution in [-0.4, -0.2) is 40.5 Å². The van der Waals surface area contributed by atoms with E-state index in [0.717, 1.165) is 21.9 Å². The molecule has 28 heavy (non-hydrogen) atoms. The fourth-order valence-corrected chi connectivity index (χ4v) is 3.85. The van der Waals surface area contributed by atoms with E-state index in [4.69, 9.17) is 23.7 Å². The molecule has 0 amide bonds. The Labute approximate surface area is 161 Å². The van der Waals surface area contributed by atoms with Crippen molar-refractivity contribution in [2.45, 2.75) is 0 Å². The molecule has 0 saturated heterocycles. The summed E-state index contributed by atoms with van der Waals surface area (Å²) in [7, 11) is 7.60. The van der Waals surface area contributed by atoms with E-state index in [2.05, 4.69) is 4.98 Å². The molecule has 0 radical (unpaired) electrons. The highest BCUT2D eigenvalue weighted by Crippen LogP contribution is 2.58. The third kappa shape index (κ3) is 2.16. The number of hydrogen-bond acceptors (Lipinski definition) is 7. The Morgan fingerprint density at radius 3 is 2.00 bits per heavy atom. The van der Waals surface area contributed by atoms with Gasteiger partial charge >= 0.3 is 0 Å². The molecule has 1 aliphatic rings. The van der Waals surface area contributed by atoms with Gasteiger partial charge in [0.2, 0.25) is 5.75 Å². The van der Waals surface area contributed by atoms with Crippen molar-refractivity contribution in [2.75, 3.05) is 35.5 Å². The normalized spacial score (nSPS) is 11.2. The van der Waals surface area contributed by atoms with Crippen LogP contribution in [0.1, 0.15) is 0 Å². The Hall–Kier alpha value is -3.48. The SMILES string of the molecule is COc1c(OC)c2c3c(nccc3c1OC)-c1c-2ccc(OC)c(=O)c1OC. The van der Waals surface area contributed by atoms with Gasteiger partial charge in [-0.05, 0) is 23.8 Å². The summed E-state index contributed by atoms with van der Waals surface area (Å²) in [5.41, 5.74) is 2.37. The first-order valence-electron chi connectivity index (χ1n) is 8.53. The van der Waals surface area contributed by atoms with Gasteiger partial charge in [0, 0.05) is 22.5 Å². The number of aromatic nitrogens is 1. The van der Waals surface area contributed by atoms with E-state index in [-0.39, 0.29) is 16.9 Å². The second kappa shape index (κ2) is 6.60. The number of nitrogens with zero attached hydrogens (tertiary/aromatic N) is 1. The number of benzene rings is 1. The Morgan fingerprint density at radius 2 is 1.39 bits per heavy atom. The van der Waals surface area contributed by atoms with Crippen LogP contribution in [0.25, 0.3) is 33.2 Å². The van der Waals surface area contributed by atoms with Crippen LogP contribution in [0.15, 0.2) is 29.2 Å². The van der Waals surface area contributed by atoms with E-state index in [1.165, 1.54) is 14.2 Å². The van der Waals surface area contributed by atoms with Gasteiger partial charge in [-0.3, -0.25) is 9.78 Å². The summed E-state index contributed by atoms with van der Waals surface area (Å²) >= 11 is 0. The highest BCUT2D eigenvalue weighted by molar-refractivity contribution is 6.19. The van der Waals surface area contributed by atoms with E-state index in [0.29, 0.717) is 28.5 Å². The standard InChI is InChI=1S/C21H19NO6/c1-24-12-7-6-10-14-13-11(18(25-2)21(28-5)20(14)27-4)8-9-22-16(13)15(10)19(26-3)17(12)23/h6-9H,1-5H3. The van der Waals surface area contributed by atoms with E-state index in [1.807, 2.05) is 12.1 Å². The molecule has 1 aromatic heterocycles. The van der Waals surface area contributed by atoms with Gasteiger partial charge in [-0.1, -0.05) is 0 Å². The third-order valence-corrected chi connectivity index (χ3v) is 4.96. The fourth-order valence-electron chi connectivity index (χ4n) is 3.85. The second-order valence-corrected chi connectivity index (χ2v) is 6.11. The van der Waals surface area contributed by atoms with Crippen molar-refractivity contribution in [3.05, 3.63) is 34.6 Å². The Bertz CT molecular complexity index is 1170. The lowest BCUT2D eigenvalue weighted by molar-refractivity contribution is 0.328. The molecule has 0 fully saturated rings. The highest BCUT2D eigenvalue weighted by atomic mass is 16.5. The molecule has 0 N–H and O–H groups in total. The van der Waals surface area contributed by atoms with Gasteiger partial charge in [0.05, 0.1) is 46.8 Å². The van der Waals surface area contributed by atoms with Gasteiger partial charge in [0.25, 0.3) is 5.43 Å². The summed E-state index contributed by atoms with van der Waals surface area (Å²) in [6.07, 6.45) is 1.67. The molecule has 1 heterocycles. The highest BCUT2D eigenvalue weighted by Gasteiger charge is 2.34. The van der Waals surface area contributed by atoms with Crippen molar-refractivity contribution >= 4 is 10.8 Å². The Kier molecular flexibility index (Phi) is 4.22. The number of fused-ring (bicyclic) bond motifs is 3. The minimum Gasteiger partial charge on any atom is -0.493 e. The van der Waals surface area contributed by atoms with Crippen molar-refractivity contribution in [3.8, 4) is 51.1 Å². The molecule has 144 valence electrons. The third-order valence-electron chi connectivity index (χ3n) is 4.96. The molecule has 0 aliphatic heterocycles. The molecule has 1 aliphatic carbocycles. The summed E-state index contributed by atoms with van der Waals surface area (Å²) in [5, 5.41) is 1.62. The van der Waals surface area contributed by atoms with Crippen LogP contribution in [0, 0.1) is 0 Å². The molecular weight excluding hydrogens is 362 g/mol. The fraction of sp³-hybridized carbons (Fsp3) is 0.238. The maximum absolute atomic E-state index is 12.9. The topological polar surface area (TPSA) is 76.1 Å². The van der Waals surface area contributed by atoms with Gasteiger partial charge in [-0.25, -0.2) is 0 Å². The van der Waals surface area contributed by atoms with Gasteiger partial charge in [0.15, 0.2) is 23.0 Å². The first-order chi connectivity index (χ1) is 13.6.